The maximum Gasteiger partial charge on any atom is 0.125 e. The van der Waals surface area contributed by atoms with Crippen LogP contribution in [0.1, 0.15) is 44.2 Å². The first-order valence-electron chi connectivity index (χ1n) is 6.97. The van der Waals surface area contributed by atoms with Crippen molar-refractivity contribution in [3.8, 4) is 5.75 Å². The van der Waals surface area contributed by atoms with Gasteiger partial charge in [0, 0.05) is 35.9 Å². The first kappa shape index (κ1) is 13.2. The molecule has 2 aliphatic rings. The standard InChI is InChI=1S/C15H20ClNO2/c1-2-11-8-15(5-6-18-11)9-13(17)12-7-10(16)3-4-14(12)19-15/h3-4,7,11,13H,2,5-6,8-9,17H2,1H3/t11?,13-,15?/m0/s1. The van der Waals surface area contributed by atoms with E-state index in [9.17, 15) is 0 Å². The van der Waals surface area contributed by atoms with Gasteiger partial charge >= 0.3 is 0 Å². The van der Waals surface area contributed by atoms with Crippen molar-refractivity contribution in [3.05, 3.63) is 28.8 Å². The monoisotopic (exact) mass is 281 g/mol. The smallest absolute Gasteiger partial charge is 0.125 e. The van der Waals surface area contributed by atoms with Crippen molar-refractivity contribution in [1.82, 2.24) is 0 Å². The molecular formula is C15H20ClNO2. The number of nitrogens with two attached hydrogens (primary N) is 1. The summed E-state index contributed by atoms with van der Waals surface area (Å²) in [6, 6.07) is 5.72. The zero-order chi connectivity index (χ0) is 13.5. The maximum atomic E-state index is 6.33. The Hall–Kier alpha value is -0.770. The minimum Gasteiger partial charge on any atom is -0.487 e. The van der Waals surface area contributed by atoms with Crippen molar-refractivity contribution < 1.29 is 9.47 Å². The third kappa shape index (κ3) is 2.47. The lowest BCUT2D eigenvalue weighted by Gasteiger charge is -2.45. The molecule has 1 aromatic carbocycles. The summed E-state index contributed by atoms with van der Waals surface area (Å²) in [6.07, 6.45) is 4.00. The largest absolute Gasteiger partial charge is 0.487 e. The number of rotatable bonds is 1. The predicted molar refractivity (Wildman–Crippen MR) is 75.6 cm³/mol. The summed E-state index contributed by atoms with van der Waals surface area (Å²) >= 11 is 6.03. The lowest BCUT2D eigenvalue weighted by Crippen LogP contribution is -2.49. The Kier molecular flexibility index (Phi) is 3.46. The van der Waals surface area contributed by atoms with Gasteiger partial charge < -0.3 is 15.2 Å². The predicted octanol–water partition coefficient (Wildman–Crippen LogP) is 3.45. The van der Waals surface area contributed by atoms with E-state index in [1.807, 2.05) is 18.2 Å². The molecule has 19 heavy (non-hydrogen) atoms. The SMILES string of the molecule is CCC1CC2(CCO1)C[C@H](N)c1cc(Cl)ccc1O2. The molecule has 1 aromatic rings. The van der Waals surface area contributed by atoms with Crippen molar-refractivity contribution in [3.63, 3.8) is 0 Å². The highest BCUT2D eigenvalue weighted by molar-refractivity contribution is 6.30. The van der Waals surface area contributed by atoms with Gasteiger partial charge in [-0.05, 0) is 24.6 Å². The number of hydrogen-bond donors (Lipinski definition) is 1. The highest BCUT2D eigenvalue weighted by Crippen LogP contribution is 2.45. The minimum atomic E-state index is -0.154. The van der Waals surface area contributed by atoms with Gasteiger partial charge in [0.05, 0.1) is 12.7 Å². The van der Waals surface area contributed by atoms with Crippen LogP contribution in [0, 0.1) is 0 Å². The first-order valence-corrected chi connectivity index (χ1v) is 7.35. The van der Waals surface area contributed by atoms with Crippen LogP contribution in [0.25, 0.3) is 0 Å². The molecule has 3 rings (SSSR count). The molecule has 4 heteroatoms. The van der Waals surface area contributed by atoms with Gasteiger partial charge in [0.2, 0.25) is 0 Å². The highest BCUT2D eigenvalue weighted by atomic mass is 35.5. The third-order valence-electron chi connectivity index (χ3n) is 4.26. The fourth-order valence-corrected chi connectivity index (χ4v) is 3.40. The Morgan fingerprint density at radius 2 is 2.26 bits per heavy atom. The van der Waals surface area contributed by atoms with Gasteiger partial charge in [-0.15, -0.1) is 0 Å². The molecule has 2 N–H and O–H groups in total. The fraction of sp³-hybridized carbons (Fsp3) is 0.600. The summed E-state index contributed by atoms with van der Waals surface area (Å²) in [5.41, 5.74) is 7.20. The lowest BCUT2D eigenvalue weighted by atomic mass is 9.80. The van der Waals surface area contributed by atoms with Crippen LogP contribution in [0.5, 0.6) is 5.75 Å². The van der Waals surface area contributed by atoms with Crippen LogP contribution in [-0.4, -0.2) is 18.3 Å². The molecule has 2 aliphatic heterocycles. The molecule has 1 fully saturated rings. The molecule has 0 aromatic heterocycles. The number of hydrogen-bond acceptors (Lipinski definition) is 3. The summed E-state index contributed by atoms with van der Waals surface area (Å²) in [5.74, 6) is 0.889. The third-order valence-corrected chi connectivity index (χ3v) is 4.49. The van der Waals surface area contributed by atoms with E-state index < -0.39 is 0 Å². The molecule has 3 nitrogen and oxygen atoms in total. The van der Waals surface area contributed by atoms with Crippen molar-refractivity contribution in [2.45, 2.75) is 50.4 Å². The average molecular weight is 282 g/mol. The number of benzene rings is 1. The van der Waals surface area contributed by atoms with Gasteiger partial charge in [0.25, 0.3) is 0 Å². The van der Waals surface area contributed by atoms with E-state index in [4.69, 9.17) is 26.8 Å². The van der Waals surface area contributed by atoms with Crippen LogP contribution in [0.2, 0.25) is 5.02 Å². The molecule has 0 saturated carbocycles. The van der Waals surface area contributed by atoms with Crippen molar-refractivity contribution in [1.29, 1.82) is 0 Å². The summed E-state index contributed by atoms with van der Waals surface area (Å²) in [4.78, 5) is 0. The maximum absolute atomic E-state index is 6.33. The second-order valence-electron chi connectivity index (χ2n) is 5.63. The van der Waals surface area contributed by atoms with E-state index in [1.54, 1.807) is 0 Å². The van der Waals surface area contributed by atoms with Crippen LogP contribution in [0.3, 0.4) is 0 Å². The van der Waals surface area contributed by atoms with Gasteiger partial charge in [-0.25, -0.2) is 0 Å². The fourth-order valence-electron chi connectivity index (χ4n) is 3.22. The van der Waals surface area contributed by atoms with E-state index >= 15 is 0 Å². The number of halogens is 1. The van der Waals surface area contributed by atoms with Crippen LogP contribution in [0.4, 0.5) is 0 Å². The number of ether oxygens (including phenoxy) is 2. The topological polar surface area (TPSA) is 44.5 Å². The minimum absolute atomic E-state index is 0.00180. The van der Waals surface area contributed by atoms with E-state index in [0.717, 1.165) is 43.6 Å². The molecule has 104 valence electrons. The summed E-state index contributed by atoms with van der Waals surface area (Å²) in [5, 5.41) is 0.715. The molecule has 3 atom stereocenters. The summed E-state index contributed by atoms with van der Waals surface area (Å²) < 4.78 is 12.1. The van der Waals surface area contributed by atoms with Gasteiger partial charge in [0.15, 0.2) is 0 Å². The molecule has 0 aliphatic carbocycles. The second-order valence-corrected chi connectivity index (χ2v) is 6.07. The lowest BCUT2D eigenvalue weighted by molar-refractivity contribution is -0.102. The Labute approximate surface area is 119 Å². The van der Waals surface area contributed by atoms with Gasteiger partial charge in [0.1, 0.15) is 11.4 Å². The van der Waals surface area contributed by atoms with E-state index in [1.165, 1.54) is 0 Å². The molecule has 0 bridgehead atoms. The van der Waals surface area contributed by atoms with Crippen LogP contribution >= 0.6 is 11.6 Å². The molecular weight excluding hydrogens is 262 g/mol. The quantitative estimate of drug-likeness (QED) is 0.857. The average Bonchev–Trinajstić information content (AvgIpc) is 2.40. The van der Waals surface area contributed by atoms with E-state index in [2.05, 4.69) is 6.92 Å². The molecule has 0 radical (unpaired) electrons. The molecule has 1 saturated heterocycles. The second kappa shape index (κ2) is 4.97. The van der Waals surface area contributed by atoms with E-state index in [0.29, 0.717) is 5.02 Å². The Bertz CT molecular complexity index is 479. The molecule has 2 heterocycles. The normalized spacial score (nSPS) is 33.8. The molecule has 2 unspecified atom stereocenters. The Morgan fingerprint density at radius 3 is 3.05 bits per heavy atom. The van der Waals surface area contributed by atoms with Gasteiger partial charge in [-0.3, -0.25) is 0 Å². The van der Waals surface area contributed by atoms with Crippen molar-refractivity contribution >= 4 is 11.6 Å². The zero-order valence-corrected chi connectivity index (χ0v) is 12.0. The van der Waals surface area contributed by atoms with Gasteiger partial charge in [-0.1, -0.05) is 18.5 Å². The first-order chi connectivity index (χ1) is 9.12. The van der Waals surface area contributed by atoms with Crippen LogP contribution in [-0.2, 0) is 4.74 Å². The van der Waals surface area contributed by atoms with Gasteiger partial charge in [-0.2, -0.15) is 0 Å². The molecule has 0 amide bonds. The highest BCUT2D eigenvalue weighted by Gasteiger charge is 2.43. The van der Waals surface area contributed by atoms with Crippen LogP contribution < -0.4 is 10.5 Å². The zero-order valence-electron chi connectivity index (χ0n) is 11.2. The molecule has 1 spiro atoms. The van der Waals surface area contributed by atoms with Crippen molar-refractivity contribution in [2.24, 2.45) is 5.73 Å². The summed E-state index contributed by atoms with van der Waals surface area (Å²) in [7, 11) is 0. The summed E-state index contributed by atoms with van der Waals surface area (Å²) in [6.45, 7) is 2.91. The number of fused-ring (bicyclic) bond motifs is 1. The van der Waals surface area contributed by atoms with Crippen LogP contribution in [0.15, 0.2) is 18.2 Å². The Morgan fingerprint density at radius 1 is 1.42 bits per heavy atom. The van der Waals surface area contributed by atoms with E-state index in [-0.39, 0.29) is 17.7 Å². The Balaban J connectivity index is 1.89. The van der Waals surface area contributed by atoms with Crippen molar-refractivity contribution in [2.75, 3.05) is 6.61 Å².